The summed E-state index contributed by atoms with van der Waals surface area (Å²) < 4.78 is 8.61. The number of benzene rings is 1. The maximum absolute atomic E-state index is 5.65. The van der Waals surface area contributed by atoms with Crippen LogP contribution in [-0.2, 0) is 13.1 Å². The first-order chi connectivity index (χ1) is 8.70. The highest BCUT2D eigenvalue weighted by Gasteiger charge is 2.04. The van der Waals surface area contributed by atoms with Crippen LogP contribution in [0, 0.1) is 6.92 Å². The highest BCUT2D eigenvalue weighted by molar-refractivity contribution is 9.10. The fourth-order valence-corrected chi connectivity index (χ4v) is 1.96. The van der Waals surface area contributed by atoms with E-state index in [0.717, 1.165) is 28.0 Å². The summed E-state index contributed by atoms with van der Waals surface area (Å²) in [6.07, 6.45) is 1.81. The Bertz CT molecular complexity index is 507. The summed E-state index contributed by atoms with van der Waals surface area (Å²) in [5.41, 5.74) is 7.80. The van der Waals surface area contributed by atoms with E-state index in [9.17, 15) is 0 Å². The standard InChI is InChI=1S/C13H16BrN3O/c1-10-11(8-15)9-16-17(10)6-7-18-13-4-2-12(14)3-5-13/h2-5,9H,6-8,15H2,1H3. The Labute approximate surface area is 115 Å². The third-order valence-electron chi connectivity index (χ3n) is 2.81. The molecule has 0 radical (unpaired) electrons. The number of hydrogen-bond acceptors (Lipinski definition) is 3. The van der Waals surface area contributed by atoms with Crippen molar-refractivity contribution in [3.05, 3.63) is 46.2 Å². The van der Waals surface area contributed by atoms with Crippen LogP contribution in [-0.4, -0.2) is 16.4 Å². The normalized spacial score (nSPS) is 10.6. The second-order valence-electron chi connectivity index (χ2n) is 3.98. The molecule has 0 fully saturated rings. The molecule has 0 spiro atoms. The van der Waals surface area contributed by atoms with E-state index in [-0.39, 0.29) is 0 Å². The van der Waals surface area contributed by atoms with Crippen LogP contribution in [0.1, 0.15) is 11.3 Å². The highest BCUT2D eigenvalue weighted by atomic mass is 79.9. The molecular formula is C13H16BrN3O. The van der Waals surface area contributed by atoms with Gasteiger partial charge in [0.2, 0.25) is 0 Å². The molecule has 0 amide bonds. The van der Waals surface area contributed by atoms with Gasteiger partial charge in [-0.3, -0.25) is 4.68 Å². The van der Waals surface area contributed by atoms with Crippen molar-refractivity contribution in [1.29, 1.82) is 0 Å². The Hall–Kier alpha value is -1.33. The SMILES string of the molecule is Cc1c(CN)cnn1CCOc1ccc(Br)cc1. The van der Waals surface area contributed by atoms with Gasteiger partial charge >= 0.3 is 0 Å². The molecule has 1 aromatic carbocycles. The predicted molar refractivity (Wildman–Crippen MR) is 74.5 cm³/mol. The lowest BCUT2D eigenvalue weighted by molar-refractivity contribution is 0.289. The van der Waals surface area contributed by atoms with Crippen molar-refractivity contribution in [2.24, 2.45) is 5.73 Å². The van der Waals surface area contributed by atoms with Crippen molar-refractivity contribution in [1.82, 2.24) is 9.78 Å². The van der Waals surface area contributed by atoms with Gasteiger partial charge in [-0.05, 0) is 31.2 Å². The van der Waals surface area contributed by atoms with Gasteiger partial charge in [0, 0.05) is 22.3 Å². The van der Waals surface area contributed by atoms with Gasteiger partial charge in [-0.25, -0.2) is 0 Å². The van der Waals surface area contributed by atoms with E-state index < -0.39 is 0 Å². The Balaban J connectivity index is 1.88. The second-order valence-corrected chi connectivity index (χ2v) is 4.90. The van der Waals surface area contributed by atoms with Gasteiger partial charge in [0.05, 0.1) is 12.7 Å². The molecule has 0 unspecified atom stereocenters. The molecule has 2 aromatic rings. The average molecular weight is 310 g/mol. The quantitative estimate of drug-likeness (QED) is 0.923. The summed E-state index contributed by atoms with van der Waals surface area (Å²) in [5.74, 6) is 0.863. The number of rotatable bonds is 5. The number of ether oxygens (including phenoxy) is 1. The minimum atomic E-state index is 0.527. The molecule has 18 heavy (non-hydrogen) atoms. The average Bonchev–Trinajstić information content (AvgIpc) is 2.73. The van der Waals surface area contributed by atoms with E-state index in [0.29, 0.717) is 13.2 Å². The van der Waals surface area contributed by atoms with Crippen LogP contribution in [0.15, 0.2) is 34.9 Å². The van der Waals surface area contributed by atoms with Gasteiger partial charge in [-0.1, -0.05) is 15.9 Å². The van der Waals surface area contributed by atoms with Crippen LogP contribution in [0.25, 0.3) is 0 Å². The first-order valence-electron chi connectivity index (χ1n) is 5.80. The summed E-state index contributed by atoms with van der Waals surface area (Å²) in [6, 6.07) is 7.79. The smallest absolute Gasteiger partial charge is 0.119 e. The molecule has 5 heteroatoms. The Morgan fingerprint density at radius 1 is 1.33 bits per heavy atom. The third-order valence-corrected chi connectivity index (χ3v) is 3.34. The van der Waals surface area contributed by atoms with Crippen molar-refractivity contribution in [3.8, 4) is 5.75 Å². The molecule has 4 nitrogen and oxygen atoms in total. The Morgan fingerprint density at radius 3 is 2.67 bits per heavy atom. The van der Waals surface area contributed by atoms with Gasteiger partial charge in [0.1, 0.15) is 12.4 Å². The zero-order chi connectivity index (χ0) is 13.0. The van der Waals surface area contributed by atoms with E-state index in [1.807, 2.05) is 42.1 Å². The van der Waals surface area contributed by atoms with Gasteiger partial charge in [0.25, 0.3) is 0 Å². The van der Waals surface area contributed by atoms with Gasteiger partial charge in [-0.15, -0.1) is 0 Å². The maximum Gasteiger partial charge on any atom is 0.119 e. The predicted octanol–water partition coefficient (Wildman–Crippen LogP) is 2.49. The van der Waals surface area contributed by atoms with E-state index in [1.54, 1.807) is 0 Å². The van der Waals surface area contributed by atoms with E-state index in [4.69, 9.17) is 10.5 Å². The van der Waals surface area contributed by atoms with Gasteiger partial charge < -0.3 is 10.5 Å². The lowest BCUT2D eigenvalue weighted by Crippen LogP contribution is -2.11. The van der Waals surface area contributed by atoms with E-state index in [1.165, 1.54) is 0 Å². The Morgan fingerprint density at radius 2 is 2.06 bits per heavy atom. The van der Waals surface area contributed by atoms with E-state index >= 15 is 0 Å². The molecule has 0 saturated carbocycles. The molecule has 1 aromatic heterocycles. The topological polar surface area (TPSA) is 53.1 Å². The summed E-state index contributed by atoms with van der Waals surface area (Å²) in [7, 11) is 0. The highest BCUT2D eigenvalue weighted by Crippen LogP contribution is 2.16. The second kappa shape index (κ2) is 6.02. The summed E-state index contributed by atoms with van der Waals surface area (Å²) in [5, 5.41) is 4.28. The van der Waals surface area contributed by atoms with Crippen LogP contribution in [0.3, 0.4) is 0 Å². The molecule has 0 aliphatic heterocycles. The number of nitrogens with zero attached hydrogens (tertiary/aromatic N) is 2. The van der Waals surface area contributed by atoms with Crippen LogP contribution in [0.2, 0.25) is 0 Å². The van der Waals surface area contributed by atoms with Crippen molar-refractivity contribution in [2.45, 2.75) is 20.0 Å². The summed E-state index contributed by atoms with van der Waals surface area (Å²) in [6.45, 7) is 3.87. The molecule has 0 saturated heterocycles. The first-order valence-corrected chi connectivity index (χ1v) is 6.59. The number of aromatic nitrogens is 2. The van der Waals surface area contributed by atoms with Crippen LogP contribution in [0.5, 0.6) is 5.75 Å². The van der Waals surface area contributed by atoms with Crippen LogP contribution < -0.4 is 10.5 Å². The fourth-order valence-electron chi connectivity index (χ4n) is 1.69. The number of hydrogen-bond donors (Lipinski definition) is 1. The van der Waals surface area contributed by atoms with E-state index in [2.05, 4.69) is 21.0 Å². The number of nitrogens with two attached hydrogens (primary N) is 1. The van der Waals surface area contributed by atoms with Crippen molar-refractivity contribution in [2.75, 3.05) is 6.61 Å². The molecule has 2 N–H and O–H groups in total. The molecule has 0 aliphatic rings. The van der Waals surface area contributed by atoms with Gasteiger partial charge in [0.15, 0.2) is 0 Å². The van der Waals surface area contributed by atoms with Gasteiger partial charge in [-0.2, -0.15) is 5.10 Å². The van der Waals surface area contributed by atoms with Crippen molar-refractivity contribution >= 4 is 15.9 Å². The zero-order valence-corrected chi connectivity index (χ0v) is 11.9. The third kappa shape index (κ3) is 3.11. The largest absolute Gasteiger partial charge is 0.492 e. The molecule has 0 aliphatic carbocycles. The Kier molecular flexibility index (Phi) is 4.38. The lowest BCUT2D eigenvalue weighted by Gasteiger charge is -2.08. The molecule has 0 bridgehead atoms. The fraction of sp³-hybridized carbons (Fsp3) is 0.308. The minimum absolute atomic E-state index is 0.527. The number of halogens is 1. The van der Waals surface area contributed by atoms with Crippen LogP contribution in [0.4, 0.5) is 0 Å². The summed E-state index contributed by atoms with van der Waals surface area (Å²) in [4.78, 5) is 0. The monoisotopic (exact) mass is 309 g/mol. The zero-order valence-electron chi connectivity index (χ0n) is 10.3. The summed E-state index contributed by atoms with van der Waals surface area (Å²) >= 11 is 3.39. The maximum atomic E-state index is 5.65. The molecule has 96 valence electrons. The molecular weight excluding hydrogens is 294 g/mol. The lowest BCUT2D eigenvalue weighted by atomic mass is 10.3. The minimum Gasteiger partial charge on any atom is -0.492 e. The van der Waals surface area contributed by atoms with Crippen molar-refractivity contribution in [3.63, 3.8) is 0 Å². The van der Waals surface area contributed by atoms with Crippen LogP contribution >= 0.6 is 15.9 Å². The first kappa shape index (κ1) is 13.1. The molecule has 0 atom stereocenters. The molecule has 1 heterocycles. The molecule has 2 rings (SSSR count). The van der Waals surface area contributed by atoms with Crippen molar-refractivity contribution < 1.29 is 4.74 Å².